The Hall–Kier alpha value is -2.97. The van der Waals surface area contributed by atoms with Crippen molar-refractivity contribution >= 4 is 15.7 Å². The summed E-state index contributed by atoms with van der Waals surface area (Å²) >= 11 is 0. The zero-order chi connectivity index (χ0) is 24.8. The molecule has 0 radical (unpaired) electrons. The number of likely N-dealkylation sites (tertiary alicyclic amines) is 1. The molecule has 35 heavy (non-hydrogen) atoms. The lowest BCUT2D eigenvalue weighted by Gasteiger charge is -2.26. The molecule has 1 aliphatic rings. The lowest BCUT2D eigenvalue weighted by Crippen LogP contribution is -2.33. The molecular formula is C27H33N3O4S. The van der Waals surface area contributed by atoms with Gasteiger partial charge < -0.3 is 14.6 Å². The van der Waals surface area contributed by atoms with Crippen molar-refractivity contribution in [2.45, 2.75) is 50.2 Å². The van der Waals surface area contributed by atoms with Crippen LogP contribution in [-0.4, -0.2) is 50.4 Å². The third kappa shape index (κ3) is 6.58. The Morgan fingerprint density at radius 3 is 2.37 bits per heavy atom. The Morgan fingerprint density at radius 1 is 1.00 bits per heavy atom. The van der Waals surface area contributed by atoms with Crippen molar-refractivity contribution in [1.82, 2.24) is 15.2 Å². The largest absolute Gasteiger partial charge is 0.441 e. The van der Waals surface area contributed by atoms with Crippen LogP contribution in [0.25, 0.3) is 11.5 Å². The number of hydrogen-bond donors (Lipinski definition) is 1. The SMILES string of the molecule is Cc1ccc(S(=O)(=O)Cc2nc(-c3ccc(C(=O)NCCCN4CCCCC4)cc3)oc2C)cc1. The van der Waals surface area contributed by atoms with Crippen LogP contribution in [0.5, 0.6) is 0 Å². The van der Waals surface area contributed by atoms with Crippen LogP contribution in [0, 0.1) is 13.8 Å². The standard InChI is InChI=1S/C27H33N3O4S/c1-20-7-13-24(14-8-20)35(32,33)19-25-21(2)34-27(29-25)23-11-9-22(10-12-23)26(31)28-15-6-18-30-16-4-3-5-17-30/h7-14H,3-6,15-19H2,1-2H3,(H,28,31). The molecule has 2 aromatic carbocycles. The fourth-order valence-corrected chi connectivity index (χ4v) is 5.59. The van der Waals surface area contributed by atoms with Crippen molar-refractivity contribution in [2.75, 3.05) is 26.2 Å². The molecule has 8 heteroatoms. The molecule has 1 N–H and O–H groups in total. The highest BCUT2D eigenvalue weighted by atomic mass is 32.2. The van der Waals surface area contributed by atoms with Gasteiger partial charge in [-0.05, 0) is 89.1 Å². The molecule has 3 aromatic rings. The predicted molar refractivity (Wildman–Crippen MR) is 136 cm³/mol. The van der Waals surface area contributed by atoms with Gasteiger partial charge in [-0.2, -0.15) is 0 Å². The minimum atomic E-state index is -3.54. The first-order chi connectivity index (χ1) is 16.8. The molecule has 0 saturated carbocycles. The fraction of sp³-hybridized carbons (Fsp3) is 0.407. The zero-order valence-electron chi connectivity index (χ0n) is 20.4. The summed E-state index contributed by atoms with van der Waals surface area (Å²) in [5.41, 5.74) is 2.64. The molecule has 0 aliphatic carbocycles. The van der Waals surface area contributed by atoms with Crippen LogP contribution in [0.3, 0.4) is 0 Å². The Bertz CT molecular complexity index is 1240. The number of amides is 1. The predicted octanol–water partition coefficient (Wildman–Crippen LogP) is 4.54. The van der Waals surface area contributed by atoms with Crippen molar-refractivity contribution in [3.63, 3.8) is 0 Å². The number of aryl methyl sites for hydroxylation is 2. The molecule has 0 bridgehead atoms. The Morgan fingerprint density at radius 2 is 1.69 bits per heavy atom. The second-order valence-corrected chi connectivity index (χ2v) is 11.2. The average molecular weight is 496 g/mol. The lowest BCUT2D eigenvalue weighted by atomic mass is 10.1. The molecule has 186 valence electrons. The summed E-state index contributed by atoms with van der Waals surface area (Å²) in [5.74, 6) is 0.462. The molecule has 4 rings (SSSR count). The number of carbonyl (C=O) groups is 1. The van der Waals surface area contributed by atoms with Gasteiger partial charge in [-0.1, -0.05) is 24.1 Å². The summed E-state index contributed by atoms with van der Waals surface area (Å²) in [6, 6.07) is 13.8. The molecule has 1 fully saturated rings. The fourth-order valence-electron chi connectivity index (χ4n) is 4.25. The van der Waals surface area contributed by atoms with E-state index in [2.05, 4.69) is 15.2 Å². The van der Waals surface area contributed by atoms with E-state index in [1.165, 1.54) is 19.3 Å². The monoisotopic (exact) mass is 495 g/mol. The number of piperidine rings is 1. The number of hydrogen-bond acceptors (Lipinski definition) is 6. The van der Waals surface area contributed by atoms with E-state index in [0.717, 1.165) is 31.6 Å². The number of nitrogens with zero attached hydrogens (tertiary/aromatic N) is 2. The second-order valence-electron chi connectivity index (χ2n) is 9.18. The van der Waals surface area contributed by atoms with Gasteiger partial charge in [0.15, 0.2) is 9.84 Å². The quantitative estimate of drug-likeness (QED) is 0.438. The van der Waals surface area contributed by atoms with Gasteiger partial charge in [0, 0.05) is 17.7 Å². The van der Waals surface area contributed by atoms with Crippen LogP contribution >= 0.6 is 0 Å². The Labute approximate surface area is 207 Å². The van der Waals surface area contributed by atoms with E-state index in [4.69, 9.17) is 4.42 Å². The Balaban J connectivity index is 1.34. The summed E-state index contributed by atoms with van der Waals surface area (Å²) in [7, 11) is -3.54. The number of benzene rings is 2. The van der Waals surface area contributed by atoms with Gasteiger partial charge in [-0.25, -0.2) is 13.4 Å². The van der Waals surface area contributed by atoms with Gasteiger partial charge in [0.2, 0.25) is 5.89 Å². The number of oxazole rings is 1. The van der Waals surface area contributed by atoms with Crippen LogP contribution in [-0.2, 0) is 15.6 Å². The molecule has 1 amide bonds. The summed E-state index contributed by atoms with van der Waals surface area (Å²) in [5, 5.41) is 2.98. The molecule has 0 atom stereocenters. The normalized spacial score (nSPS) is 14.7. The third-order valence-electron chi connectivity index (χ3n) is 6.38. The van der Waals surface area contributed by atoms with E-state index in [-0.39, 0.29) is 16.6 Å². The maximum Gasteiger partial charge on any atom is 0.251 e. The van der Waals surface area contributed by atoms with Crippen molar-refractivity contribution in [3.05, 3.63) is 71.1 Å². The van der Waals surface area contributed by atoms with E-state index in [1.807, 2.05) is 6.92 Å². The van der Waals surface area contributed by atoms with E-state index in [9.17, 15) is 13.2 Å². The molecule has 2 heterocycles. The van der Waals surface area contributed by atoms with Crippen LogP contribution < -0.4 is 5.32 Å². The number of sulfone groups is 1. The minimum absolute atomic E-state index is 0.108. The van der Waals surface area contributed by atoms with Gasteiger partial charge in [0.05, 0.1) is 10.6 Å². The van der Waals surface area contributed by atoms with E-state index < -0.39 is 9.84 Å². The number of carbonyl (C=O) groups excluding carboxylic acids is 1. The molecular weight excluding hydrogens is 462 g/mol. The summed E-state index contributed by atoms with van der Waals surface area (Å²) < 4.78 is 31.4. The topological polar surface area (TPSA) is 92.5 Å². The van der Waals surface area contributed by atoms with Gasteiger partial charge in [-0.3, -0.25) is 4.79 Å². The second kappa shape index (κ2) is 11.2. The molecule has 7 nitrogen and oxygen atoms in total. The van der Waals surface area contributed by atoms with Gasteiger partial charge in [-0.15, -0.1) is 0 Å². The van der Waals surface area contributed by atoms with Gasteiger partial charge in [0.25, 0.3) is 5.91 Å². The van der Waals surface area contributed by atoms with E-state index >= 15 is 0 Å². The van der Waals surface area contributed by atoms with Gasteiger partial charge >= 0.3 is 0 Å². The number of aromatic nitrogens is 1. The minimum Gasteiger partial charge on any atom is -0.441 e. The molecule has 1 saturated heterocycles. The van der Waals surface area contributed by atoms with Crippen LogP contribution in [0.4, 0.5) is 0 Å². The lowest BCUT2D eigenvalue weighted by molar-refractivity contribution is 0.0951. The first-order valence-corrected chi connectivity index (χ1v) is 13.8. The molecule has 1 aliphatic heterocycles. The summed E-state index contributed by atoms with van der Waals surface area (Å²) in [6.07, 6.45) is 4.80. The summed E-state index contributed by atoms with van der Waals surface area (Å²) in [4.78, 5) is 19.6. The number of rotatable bonds is 9. The highest BCUT2D eigenvalue weighted by molar-refractivity contribution is 7.90. The van der Waals surface area contributed by atoms with Crippen LogP contribution in [0.2, 0.25) is 0 Å². The van der Waals surface area contributed by atoms with Crippen LogP contribution in [0.15, 0.2) is 57.8 Å². The maximum absolute atomic E-state index is 12.8. The maximum atomic E-state index is 12.8. The van der Waals surface area contributed by atoms with Gasteiger partial charge in [0.1, 0.15) is 11.5 Å². The molecule has 0 unspecified atom stereocenters. The van der Waals surface area contributed by atoms with Crippen molar-refractivity contribution in [3.8, 4) is 11.5 Å². The molecule has 0 spiro atoms. The number of nitrogens with one attached hydrogen (secondary N) is 1. The van der Waals surface area contributed by atoms with E-state index in [0.29, 0.717) is 35.0 Å². The molecule has 1 aromatic heterocycles. The van der Waals surface area contributed by atoms with Crippen molar-refractivity contribution < 1.29 is 17.6 Å². The smallest absolute Gasteiger partial charge is 0.251 e. The zero-order valence-corrected chi connectivity index (χ0v) is 21.2. The summed E-state index contributed by atoms with van der Waals surface area (Å²) in [6.45, 7) is 7.61. The highest BCUT2D eigenvalue weighted by Crippen LogP contribution is 2.25. The van der Waals surface area contributed by atoms with Crippen molar-refractivity contribution in [1.29, 1.82) is 0 Å². The van der Waals surface area contributed by atoms with Crippen molar-refractivity contribution in [2.24, 2.45) is 0 Å². The first kappa shape index (κ1) is 25.1. The third-order valence-corrected chi connectivity index (χ3v) is 8.02. The van der Waals surface area contributed by atoms with Crippen LogP contribution in [0.1, 0.15) is 53.1 Å². The first-order valence-electron chi connectivity index (χ1n) is 12.2. The van der Waals surface area contributed by atoms with E-state index in [1.54, 1.807) is 55.5 Å². The Kier molecular flexibility index (Phi) is 8.03. The highest BCUT2D eigenvalue weighted by Gasteiger charge is 2.21. The average Bonchev–Trinajstić information content (AvgIpc) is 3.22.